The minimum atomic E-state index is 0.354. The van der Waals surface area contributed by atoms with Gasteiger partial charge < -0.3 is 0 Å². The lowest BCUT2D eigenvalue weighted by atomic mass is 9.95. The molecule has 0 aliphatic carbocycles. The van der Waals surface area contributed by atoms with E-state index in [9.17, 15) is 0 Å². The Morgan fingerprint density at radius 3 is 2.21 bits per heavy atom. The first-order chi connectivity index (χ1) is 6.44. The van der Waals surface area contributed by atoms with Gasteiger partial charge >= 0.3 is 0 Å². The Kier molecular flexibility index (Phi) is 2.39. The molecule has 0 radical (unpaired) electrons. The van der Waals surface area contributed by atoms with Gasteiger partial charge in [-0.15, -0.1) is 0 Å². The Balaban J connectivity index is 2.07. The van der Waals surface area contributed by atoms with Gasteiger partial charge in [0, 0.05) is 24.2 Å². The zero-order valence-electron chi connectivity index (χ0n) is 10.1. The fourth-order valence-electron chi connectivity index (χ4n) is 3.02. The van der Waals surface area contributed by atoms with Gasteiger partial charge in [0.25, 0.3) is 0 Å². The Morgan fingerprint density at radius 2 is 1.79 bits per heavy atom. The van der Waals surface area contributed by atoms with E-state index in [2.05, 4.69) is 37.6 Å². The quantitative estimate of drug-likeness (QED) is 0.584. The number of nitrogens with zero attached hydrogens (tertiary/aromatic N) is 2. The van der Waals surface area contributed by atoms with Crippen LogP contribution in [0.5, 0.6) is 0 Å². The average Bonchev–Trinajstić information content (AvgIpc) is 2.61. The summed E-state index contributed by atoms with van der Waals surface area (Å²) in [6.45, 7) is 10.9. The van der Waals surface area contributed by atoms with Crippen LogP contribution in [0.1, 0.15) is 40.0 Å². The van der Waals surface area contributed by atoms with Crippen LogP contribution in [-0.4, -0.2) is 47.6 Å². The second-order valence-corrected chi connectivity index (χ2v) is 6.09. The van der Waals surface area contributed by atoms with Crippen molar-refractivity contribution in [1.29, 1.82) is 0 Å². The molecule has 2 aliphatic heterocycles. The molecule has 1 unspecified atom stereocenters. The number of hydrogen-bond donors (Lipinski definition) is 0. The van der Waals surface area contributed by atoms with Crippen molar-refractivity contribution in [2.45, 2.75) is 51.1 Å². The van der Waals surface area contributed by atoms with Crippen molar-refractivity contribution in [2.24, 2.45) is 0 Å². The van der Waals surface area contributed by atoms with Gasteiger partial charge in [-0.05, 0) is 53.6 Å². The fraction of sp³-hybridized carbons (Fsp3) is 1.00. The van der Waals surface area contributed by atoms with E-state index >= 15 is 0 Å². The molecule has 0 aromatic rings. The minimum Gasteiger partial charge on any atom is -0.299 e. The Bertz CT molecular complexity index is 219. The van der Waals surface area contributed by atoms with E-state index in [4.69, 9.17) is 0 Å². The van der Waals surface area contributed by atoms with Gasteiger partial charge in [-0.2, -0.15) is 0 Å². The fourth-order valence-corrected chi connectivity index (χ4v) is 3.02. The van der Waals surface area contributed by atoms with Crippen LogP contribution in [0.4, 0.5) is 0 Å². The van der Waals surface area contributed by atoms with Crippen molar-refractivity contribution >= 4 is 0 Å². The first-order valence-corrected chi connectivity index (χ1v) is 5.90. The van der Waals surface area contributed by atoms with E-state index < -0.39 is 0 Å². The maximum atomic E-state index is 2.65. The standard InChI is InChI=1S/C12H24N2/c1-11(2,3)14-9-7-12(10-14)6-5-8-13(12)4/h5-10H2,1-4H3. The van der Waals surface area contributed by atoms with E-state index in [0.717, 1.165) is 0 Å². The van der Waals surface area contributed by atoms with E-state index in [0.29, 0.717) is 11.1 Å². The van der Waals surface area contributed by atoms with Crippen LogP contribution in [0.2, 0.25) is 0 Å². The highest BCUT2D eigenvalue weighted by Crippen LogP contribution is 2.38. The van der Waals surface area contributed by atoms with Gasteiger partial charge in [0.1, 0.15) is 0 Å². The third-order valence-electron chi connectivity index (χ3n) is 4.23. The lowest BCUT2D eigenvalue weighted by Gasteiger charge is -2.36. The number of likely N-dealkylation sites (N-methyl/N-ethyl adjacent to an activating group) is 1. The molecule has 0 bridgehead atoms. The van der Waals surface area contributed by atoms with E-state index in [1.807, 2.05) is 0 Å². The smallest absolute Gasteiger partial charge is 0.0346 e. The van der Waals surface area contributed by atoms with Crippen LogP contribution in [0.3, 0.4) is 0 Å². The molecule has 0 aromatic carbocycles. The highest BCUT2D eigenvalue weighted by Gasteiger charge is 2.46. The van der Waals surface area contributed by atoms with E-state index in [1.165, 1.54) is 38.9 Å². The van der Waals surface area contributed by atoms with Crippen LogP contribution in [-0.2, 0) is 0 Å². The molecule has 1 atom stereocenters. The molecular weight excluding hydrogens is 172 g/mol. The second-order valence-electron chi connectivity index (χ2n) is 6.09. The van der Waals surface area contributed by atoms with Crippen LogP contribution in [0.25, 0.3) is 0 Å². The zero-order valence-corrected chi connectivity index (χ0v) is 10.1. The maximum Gasteiger partial charge on any atom is 0.0346 e. The lowest BCUT2D eigenvalue weighted by molar-refractivity contribution is 0.125. The molecule has 14 heavy (non-hydrogen) atoms. The van der Waals surface area contributed by atoms with Gasteiger partial charge in [0.05, 0.1) is 0 Å². The third-order valence-corrected chi connectivity index (χ3v) is 4.23. The highest BCUT2D eigenvalue weighted by molar-refractivity contribution is 5.03. The summed E-state index contributed by atoms with van der Waals surface area (Å²) >= 11 is 0. The lowest BCUT2D eigenvalue weighted by Crippen LogP contribution is -2.47. The largest absolute Gasteiger partial charge is 0.299 e. The van der Waals surface area contributed by atoms with Crippen molar-refractivity contribution in [3.8, 4) is 0 Å². The molecule has 2 heteroatoms. The van der Waals surface area contributed by atoms with Crippen LogP contribution in [0.15, 0.2) is 0 Å². The summed E-state index contributed by atoms with van der Waals surface area (Å²) < 4.78 is 0. The molecule has 0 saturated carbocycles. The SMILES string of the molecule is CN1CCCC12CCN(C(C)(C)C)C2. The van der Waals surface area contributed by atoms with Crippen molar-refractivity contribution in [1.82, 2.24) is 9.80 Å². The van der Waals surface area contributed by atoms with Gasteiger partial charge in [-0.3, -0.25) is 9.80 Å². The number of likely N-dealkylation sites (tertiary alicyclic amines) is 2. The topological polar surface area (TPSA) is 6.48 Å². The number of hydrogen-bond acceptors (Lipinski definition) is 2. The molecule has 2 saturated heterocycles. The van der Waals surface area contributed by atoms with Crippen LogP contribution >= 0.6 is 0 Å². The van der Waals surface area contributed by atoms with Gasteiger partial charge in [-0.25, -0.2) is 0 Å². The van der Waals surface area contributed by atoms with Gasteiger partial charge in [-0.1, -0.05) is 0 Å². The first kappa shape index (κ1) is 10.4. The highest BCUT2D eigenvalue weighted by atomic mass is 15.3. The first-order valence-electron chi connectivity index (χ1n) is 5.90. The summed E-state index contributed by atoms with van der Waals surface area (Å²) in [5.41, 5.74) is 0.889. The normalized spacial score (nSPS) is 36.0. The van der Waals surface area contributed by atoms with Gasteiger partial charge in [0.2, 0.25) is 0 Å². The zero-order chi connectivity index (χ0) is 10.4. The third kappa shape index (κ3) is 1.59. The molecule has 0 aromatic heterocycles. The van der Waals surface area contributed by atoms with Gasteiger partial charge in [0.15, 0.2) is 0 Å². The Morgan fingerprint density at radius 1 is 1.07 bits per heavy atom. The Hall–Kier alpha value is -0.0800. The second kappa shape index (κ2) is 3.21. The molecule has 2 fully saturated rings. The summed E-state index contributed by atoms with van der Waals surface area (Å²) in [6.07, 6.45) is 4.19. The monoisotopic (exact) mass is 196 g/mol. The summed E-state index contributed by atoms with van der Waals surface area (Å²) in [6, 6.07) is 0. The molecular formula is C12H24N2. The molecule has 2 heterocycles. The maximum absolute atomic E-state index is 2.65. The van der Waals surface area contributed by atoms with Crippen molar-refractivity contribution < 1.29 is 0 Å². The average molecular weight is 196 g/mol. The molecule has 2 rings (SSSR count). The predicted octanol–water partition coefficient (Wildman–Crippen LogP) is 1.95. The summed E-state index contributed by atoms with van der Waals surface area (Å²) in [5, 5.41) is 0. The Labute approximate surface area is 88.3 Å². The molecule has 1 spiro atoms. The summed E-state index contributed by atoms with van der Waals surface area (Å²) in [5.74, 6) is 0. The van der Waals surface area contributed by atoms with Crippen molar-refractivity contribution in [3.05, 3.63) is 0 Å². The number of rotatable bonds is 0. The van der Waals surface area contributed by atoms with Crippen molar-refractivity contribution in [2.75, 3.05) is 26.7 Å². The van der Waals surface area contributed by atoms with Crippen LogP contribution < -0.4 is 0 Å². The summed E-state index contributed by atoms with van der Waals surface area (Å²) in [7, 11) is 2.30. The molecule has 0 amide bonds. The molecule has 82 valence electrons. The molecule has 2 nitrogen and oxygen atoms in total. The minimum absolute atomic E-state index is 0.354. The van der Waals surface area contributed by atoms with E-state index in [-0.39, 0.29) is 0 Å². The molecule has 0 N–H and O–H groups in total. The predicted molar refractivity (Wildman–Crippen MR) is 60.5 cm³/mol. The van der Waals surface area contributed by atoms with Crippen molar-refractivity contribution in [3.63, 3.8) is 0 Å². The summed E-state index contributed by atoms with van der Waals surface area (Å²) in [4.78, 5) is 5.24. The van der Waals surface area contributed by atoms with E-state index in [1.54, 1.807) is 0 Å². The van der Waals surface area contributed by atoms with Crippen LogP contribution in [0, 0.1) is 0 Å². The molecule has 2 aliphatic rings.